The van der Waals surface area contributed by atoms with E-state index in [1.165, 1.54) is 44.2 Å². The molecule has 4 rings (SSSR count). The third-order valence-electron chi connectivity index (χ3n) is 8.20. The van der Waals surface area contributed by atoms with Crippen molar-refractivity contribution >= 4 is 23.3 Å². The molecule has 1 aliphatic heterocycles. The number of fused-ring (bicyclic) bond motifs is 1. The number of hydrogen-bond donors (Lipinski definition) is 3. The predicted octanol–water partition coefficient (Wildman–Crippen LogP) is 6.08. The molecule has 3 atom stereocenters. The number of anilines is 2. The van der Waals surface area contributed by atoms with Crippen molar-refractivity contribution in [3.63, 3.8) is 0 Å². The summed E-state index contributed by atoms with van der Waals surface area (Å²) in [7, 11) is 2.07. The maximum atomic E-state index is 13.7. The number of urea groups is 1. The van der Waals surface area contributed by atoms with Gasteiger partial charge in [-0.05, 0) is 69.1 Å². The molecule has 2 aliphatic rings. The van der Waals surface area contributed by atoms with Crippen LogP contribution >= 0.6 is 0 Å². The number of likely N-dealkylation sites (N-methyl/N-ethyl adjacent to an activating group) is 1. The average Bonchev–Trinajstić information content (AvgIpc) is 2.95. The van der Waals surface area contributed by atoms with Crippen molar-refractivity contribution in [3.05, 3.63) is 53.6 Å². The largest absolute Gasteiger partial charge is 0.486 e. The minimum Gasteiger partial charge on any atom is -0.486 e. The first-order chi connectivity index (χ1) is 20.0. The fourth-order valence-electron chi connectivity index (χ4n) is 5.78. The first kappa shape index (κ1) is 31.6. The average molecular weight is 591 g/mol. The third-order valence-corrected chi connectivity index (χ3v) is 8.20. The van der Waals surface area contributed by atoms with Gasteiger partial charge in [-0.15, -0.1) is 0 Å². The first-order valence-electron chi connectivity index (χ1n) is 14.6. The molecule has 11 heteroatoms. The number of benzene rings is 2. The van der Waals surface area contributed by atoms with Crippen LogP contribution in [-0.2, 0) is 6.18 Å². The highest BCUT2D eigenvalue weighted by molar-refractivity contribution is 6.04. The van der Waals surface area contributed by atoms with E-state index >= 15 is 0 Å². The van der Waals surface area contributed by atoms with Gasteiger partial charge in [0.25, 0.3) is 5.91 Å². The van der Waals surface area contributed by atoms with Crippen molar-refractivity contribution < 1.29 is 32.6 Å². The van der Waals surface area contributed by atoms with Crippen molar-refractivity contribution in [2.45, 2.75) is 64.3 Å². The van der Waals surface area contributed by atoms with Crippen LogP contribution in [-0.4, -0.2) is 72.3 Å². The van der Waals surface area contributed by atoms with Crippen LogP contribution in [0.2, 0.25) is 0 Å². The van der Waals surface area contributed by atoms with Crippen LogP contribution in [0, 0.1) is 11.8 Å². The molecule has 8 nitrogen and oxygen atoms in total. The van der Waals surface area contributed by atoms with Gasteiger partial charge in [-0.3, -0.25) is 4.79 Å². The van der Waals surface area contributed by atoms with Gasteiger partial charge in [0, 0.05) is 31.2 Å². The molecule has 3 N–H and O–H groups in total. The molecule has 2 aromatic rings. The molecular weight excluding hydrogens is 549 g/mol. The van der Waals surface area contributed by atoms with Crippen molar-refractivity contribution in [1.29, 1.82) is 0 Å². The Morgan fingerprint density at radius 3 is 2.43 bits per heavy atom. The Kier molecular flexibility index (Phi) is 10.4. The van der Waals surface area contributed by atoms with Crippen LogP contribution in [0.3, 0.4) is 0 Å². The molecule has 0 saturated heterocycles. The van der Waals surface area contributed by atoms with E-state index in [9.17, 15) is 27.9 Å². The van der Waals surface area contributed by atoms with Gasteiger partial charge in [-0.1, -0.05) is 32.3 Å². The smallest absolute Gasteiger partial charge is 0.416 e. The highest BCUT2D eigenvalue weighted by atomic mass is 19.4. The van der Waals surface area contributed by atoms with Crippen LogP contribution in [0.5, 0.6) is 5.75 Å². The monoisotopic (exact) mass is 590 g/mol. The normalized spacial score (nSPS) is 20.8. The zero-order chi connectivity index (χ0) is 30.4. The summed E-state index contributed by atoms with van der Waals surface area (Å²) in [5, 5.41) is 15.2. The molecule has 1 aliphatic carbocycles. The van der Waals surface area contributed by atoms with Crippen molar-refractivity contribution in [2.24, 2.45) is 11.8 Å². The highest BCUT2D eigenvalue weighted by Crippen LogP contribution is 2.36. The molecule has 1 heterocycles. The Morgan fingerprint density at radius 2 is 1.79 bits per heavy atom. The lowest BCUT2D eigenvalue weighted by molar-refractivity contribution is -0.137. The standard InChI is InChI=1S/C31H41F3N4O4/c1-20-16-38(21(2)19-39)29(40)25-10-7-11-26(36-30(41)35-24-14-12-23(13-15-24)31(32,33)34)28(25)42-27(20)18-37(3)17-22-8-5-4-6-9-22/h7,10-15,20-22,27,39H,4-6,8-9,16-19H2,1-3H3,(H2,35,36,41)/t20-,21-,27-/m0/s1. The van der Waals surface area contributed by atoms with Crippen LogP contribution in [0.4, 0.5) is 29.3 Å². The molecule has 0 spiro atoms. The number of nitrogens with zero attached hydrogens (tertiary/aromatic N) is 2. The van der Waals surface area contributed by atoms with E-state index in [1.54, 1.807) is 30.0 Å². The Morgan fingerprint density at radius 1 is 1.10 bits per heavy atom. The van der Waals surface area contributed by atoms with Crippen molar-refractivity contribution in [2.75, 3.05) is 43.9 Å². The summed E-state index contributed by atoms with van der Waals surface area (Å²) in [4.78, 5) is 30.5. The van der Waals surface area contributed by atoms with Gasteiger partial charge < -0.3 is 30.3 Å². The van der Waals surface area contributed by atoms with E-state index in [0.717, 1.165) is 18.7 Å². The summed E-state index contributed by atoms with van der Waals surface area (Å²) in [5.74, 6) is 0.458. The first-order valence-corrected chi connectivity index (χ1v) is 14.6. The maximum absolute atomic E-state index is 13.7. The zero-order valence-corrected chi connectivity index (χ0v) is 24.4. The molecular formula is C31H41F3N4O4. The molecule has 1 saturated carbocycles. The molecule has 1 fully saturated rings. The molecule has 0 radical (unpaired) electrons. The van der Waals surface area contributed by atoms with E-state index in [0.29, 0.717) is 19.0 Å². The van der Waals surface area contributed by atoms with Crippen molar-refractivity contribution in [3.8, 4) is 5.75 Å². The third kappa shape index (κ3) is 7.95. The number of aliphatic hydroxyl groups is 1. The van der Waals surface area contributed by atoms with Gasteiger partial charge in [-0.2, -0.15) is 13.2 Å². The number of nitrogens with one attached hydrogen (secondary N) is 2. The number of para-hydroxylation sites is 1. The molecule has 230 valence electrons. The second kappa shape index (κ2) is 13.8. The lowest BCUT2D eigenvalue weighted by atomic mass is 9.89. The summed E-state index contributed by atoms with van der Waals surface area (Å²) in [6.07, 6.45) is 1.42. The van der Waals surface area contributed by atoms with Gasteiger partial charge >= 0.3 is 12.2 Å². The fourth-order valence-corrected chi connectivity index (χ4v) is 5.78. The second-order valence-electron chi connectivity index (χ2n) is 11.7. The van der Waals surface area contributed by atoms with E-state index < -0.39 is 23.8 Å². The van der Waals surface area contributed by atoms with Crippen molar-refractivity contribution in [1.82, 2.24) is 9.80 Å². The summed E-state index contributed by atoms with van der Waals surface area (Å²) in [6.45, 7) is 5.56. The maximum Gasteiger partial charge on any atom is 0.416 e. The number of halogens is 3. The molecule has 2 aromatic carbocycles. The highest BCUT2D eigenvalue weighted by Gasteiger charge is 2.35. The lowest BCUT2D eigenvalue weighted by Gasteiger charge is -2.39. The van der Waals surface area contributed by atoms with Gasteiger partial charge in [0.1, 0.15) is 6.10 Å². The number of carbonyl (C=O) groups excluding carboxylic acids is 2. The van der Waals surface area contributed by atoms with Gasteiger partial charge in [0.15, 0.2) is 5.75 Å². The Hall–Kier alpha value is -3.31. The summed E-state index contributed by atoms with van der Waals surface area (Å²) >= 11 is 0. The van der Waals surface area contributed by atoms with Gasteiger partial charge in [-0.25, -0.2) is 4.79 Å². The minimum atomic E-state index is -4.48. The SMILES string of the molecule is C[C@H]1CN([C@@H](C)CO)C(=O)c2cccc(NC(=O)Nc3ccc(C(F)(F)F)cc3)c2O[C@H]1CN(C)CC1CCCCC1. The lowest BCUT2D eigenvalue weighted by Crippen LogP contribution is -2.50. The number of ether oxygens (including phenoxy) is 1. The predicted molar refractivity (Wildman–Crippen MR) is 156 cm³/mol. The van der Waals surface area contributed by atoms with Crippen LogP contribution in [0.25, 0.3) is 0 Å². The summed E-state index contributed by atoms with van der Waals surface area (Å²) in [6, 6.07) is 7.89. The van der Waals surface area contributed by atoms with Gasteiger partial charge in [0.05, 0.1) is 29.5 Å². The zero-order valence-electron chi connectivity index (χ0n) is 24.4. The van der Waals surface area contributed by atoms with Gasteiger partial charge in [0.2, 0.25) is 0 Å². The van der Waals surface area contributed by atoms with E-state index in [-0.39, 0.29) is 47.2 Å². The van der Waals surface area contributed by atoms with E-state index in [2.05, 4.69) is 22.6 Å². The van der Waals surface area contributed by atoms with E-state index in [1.807, 2.05) is 6.92 Å². The Balaban J connectivity index is 1.58. The van der Waals surface area contributed by atoms with E-state index in [4.69, 9.17) is 4.74 Å². The Labute approximate surface area is 245 Å². The fraction of sp³-hybridized carbons (Fsp3) is 0.548. The van der Waals surface area contributed by atoms with Crippen LogP contribution in [0.15, 0.2) is 42.5 Å². The number of rotatable bonds is 8. The Bertz CT molecular complexity index is 1220. The summed E-state index contributed by atoms with van der Waals surface area (Å²) in [5.41, 5.74) is -0.124. The topological polar surface area (TPSA) is 94.1 Å². The second-order valence-corrected chi connectivity index (χ2v) is 11.7. The summed E-state index contributed by atoms with van der Waals surface area (Å²) < 4.78 is 45.3. The number of alkyl halides is 3. The molecule has 42 heavy (non-hydrogen) atoms. The minimum absolute atomic E-state index is 0.0843. The number of amides is 3. The number of carbonyl (C=O) groups is 2. The van der Waals surface area contributed by atoms with Crippen LogP contribution in [0.1, 0.15) is 61.9 Å². The molecule has 3 amide bonds. The molecule has 0 unspecified atom stereocenters. The molecule has 0 bridgehead atoms. The number of hydrogen-bond acceptors (Lipinski definition) is 5. The van der Waals surface area contributed by atoms with Crippen LogP contribution < -0.4 is 15.4 Å². The number of aliphatic hydroxyl groups excluding tert-OH is 1. The quantitative estimate of drug-likeness (QED) is 0.347. The molecule has 0 aromatic heterocycles.